The number of H-pyrrole nitrogens is 1. The molecular formula is C18H15N3O6. The Morgan fingerprint density at radius 1 is 1.26 bits per heavy atom. The van der Waals surface area contributed by atoms with Gasteiger partial charge in [-0.2, -0.15) is 0 Å². The molecule has 1 heterocycles. The van der Waals surface area contributed by atoms with Gasteiger partial charge in [0.2, 0.25) is 0 Å². The lowest BCUT2D eigenvalue weighted by Gasteiger charge is -2.14. The molecule has 3 rings (SSSR count). The predicted molar refractivity (Wildman–Crippen MR) is 95.8 cm³/mol. The van der Waals surface area contributed by atoms with E-state index in [-0.39, 0.29) is 28.4 Å². The summed E-state index contributed by atoms with van der Waals surface area (Å²) in [5, 5.41) is 11.4. The van der Waals surface area contributed by atoms with Crippen LogP contribution in [-0.2, 0) is 4.74 Å². The topological polar surface area (TPSA) is 124 Å². The number of benzene rings is 2. The SMILES string of the molecule is COc1ccc([N+](=O)[O-])cc1C(=O)O[C@@H](C)c1nc2ccccc2c(=O)[nH]1. The van der Waals surface area contributed by atoms with Crippen LogP contribution in [0.25, 0.3) is 10.9 Å². The maximum Gasteiger partial charge on any atom is 0.342 e. The normalized spacial score (nSPS) is 11.8. The molecule has 0 radical (unpaired) electrons. The number of nitrogens with zero attached hydrogens (tertiary/aromatic N) is 2. The first-order chi connectivity index (χ1) is 12.9. The van der Waals surface area contributed by atoms with Crippen molar-refractivity contribution in [3.8, 4) is 5.75 Å². The maximum absolute atomic E-state index is 12.5. The van der Waals surface area contributed by atoms with Crippen molar-refractivity contribution in [1.82, 2.24) is 9.97 Å². The van der Waals surface area contributed by atoms with Gasteiger partial charge >= 0.3 is 5.97 Å². The third kappa shape index (κ3) is 3.61. The quantitative estimate of drug-likeness (QED) is 0.416. The predicted octanol–water partition coefficient (Wildman–Crippen LogP) is 2.76. The van der Waals surface area contributed by atoms with Gasteiger partial charge in [0.25, 0.3) is 11.2 Å². The Balaban J connectivity index is 1.91. The number of fused-ring (bicyclic) bond motifs is 1. The van der Waals surface area contributed by atoms with Crippen LogP contribution in [-0.4, -0.2) is 28.0 Å². The van der Waals surface area contributed by atoms with Crippen LogP contribution >= 0.6 is 0 Å². The van der Waals surface area contributed by atoms with E-state index in [1.165, 1.54) is 26.2 Å². The van der Waals surface area contributed by atoms with E-state index in [0.717, 1.165) is 6.07 Å². The molecule has 0 unspecified atom stereocenters. The van der Waals surface area contributed by atoms with Crippen molar-refractivity contribution in [2.75, 3.05) is 7.11 Å². The van der Waals surface area contributed by atoms with Gasteiger partial charge in [-0.15, -0.1) is 0 Å². The van der Waals surface area contributed by atoms with Crippen molar-refractivity contribution in [3.05, 3.63) is 74.3 Å². The molecule has 27 heavy (non-hydrogen) atoms. The molecule has 0 aliphatic heterocycles. The lowest BCUT2D eigenvalue weighted by molar-refractivity contribution is -0.384. The molecule has 0 fully saturated rings. The van der Waals surface area contributed by atoms with Crippen LogP contribution in [0.2, 0.25) is 0 Å². The average molecular weight is 369 g/mol. The van der Waals surface area contributed by atoms with Gasteiger partial charge < -0.3 is 14.5 Å². The van der Waals surface area contributed by atoms with Gasteiger partial charge in [0.15, 0.2) is 11.9 Å². The average Bonchev–Trinajstić information content (AvgIpc) is 2.67. The second kappa shape index (κ2) is 7.24. The van der Waals surface area contributed by atoms with Crippen LogP contribution in [0.4, 0.5) is 5.69 Å². The maximum atomic E-state index is 12.5. The molecule has 0 spiro atoms. The number of non-ortho nitro benzene ring substituents is 1. The third-order valence-corrected chi connectivity index (χ3v) is 3.91. The van der Waals surface area contributed by atoms with E-state index in [1.807, 2.05) is 0 Å². The van der Waals surface area contributed by atoms with Crippen LogP contribution in [0.1, 0.15) is 29.2 Å². The summed E-state index contributed by atoms with van der Waals surface area (Å²) in [6.45, 7) is 1.54. The Hall–Kier alpha value is -3.75. The van der Waals surface area contributed by atoms with Crippen molar-refractivity contribution in [2.45, 2.75) is 13.0 Å². The van der Waals surface area contributed by atoms with E-state index < -0.39 is 17.0 Å². The van der Waals surface area contributed by atoms with E-state index in [1.54, 1.807) is 24.3 Å². The molecule has 2 aromatic carbocycles. The molecule has 3 aromatic rings. The zero-order valence-electron chi connectivity index (χ0n) is 14.5. The molecule has 0 aliphatic carbocycles. The smallest absolute Gasteiger partial charge is 0.342 e. The summed E-state index contributed by atoms with van der Waals surface area (Å²) >= 11 is 0. The number of hydrogen-bond donors (Lipinski definition) is 1. The number of carbonyl (C=O) groups excluding carboxylic acids is 1. The number of aromatic nitrogens is 2. The fourth-order valence-corrected chi connectivity index (χ4v) is 2.55. The number of carbonyl (C=O) groups is 1. The number of rotatable bonds is 5. The molecule has 0 aliphatic rings. The Labute approximate surface area is 152 Å². The second-order valence-electron chi connectivity index (χ2n) is 5.66. The molecule has 9 heteroatoms. The molecule has 1 aromatic heterocycles. The molecule has 0 amide bonds. The summed E-state index contributed by atoms with van der Waals surface area (Å²) in [5.41, 5.74) is -0.257. The number of hydrogen-bond acceptors (Lipinski definition) is 7. The fourth-order valence-electron chi connectivity index (χ4n) is 2.55. The largest absolute Gasteiger partial charge is 0.496 e. The molecule has 1 N–H and O–H groups in total. The molecule has 1 atom stereocenters. The first kappa shape index (κ1) is 18.1. The van der Waals surface area contributed by atoms with Crippen molar-refractivity contribution in [1.29, 1.82) is 0 Å². The summed E-state index contributed by atoms with van der Waals surface area (Å²) in [5.74, 6) is -0.534. The van der Waals surface area contributed by atoms with Crippen molar-refractivity contribution in [2.24, 2.45) is 0 Å². The molecule has 0 saturated carbocycles. The van der Waals surface area contributed by atoms with Crippen LogP contribution < -0.4 is 10.3 Å². The van der Waals surface area contributed by atoms with E-state index >= 15 is 0 Å². The van der Waals surface area contributed by atoms with Gasteiger partial charge in [0.05, 0.1) is 22.9 Å². The van der Waals surface area contributed by atoms with Gasteiger partial charge in [-0.25, -0.2) is 9.78 Å². The van der Waals surface area contributed by atoms with Crippen molar-refractivity contribution < 1.29 is 19.2 Å². The zero-order valence-corrected chi connectivity index (χ0v) is 14.5. The Bertz CT molecular complexity index is 1090. The van der Waals surface area contributed by atoms with Crippen LogP contribution in [0.5, 0.6) is 5.75 Å². The number of para-hydroxylation sites is 1. The number of nitrogens with one attached hydrogen (secondary N) is 1. The molecule has 0 bridgehead atoms. The molecular weight excluding hydrogens is 354 g/mol. The first-order valence-corrected chi connectivity index (χ1v) is 7.93. The lowest BCUT2D eigenvalue weighted by atomic mass is 10.1. The Morgan fingerprint density at radius 2 is 2.00 bits per heavy atom. The summed E-state index contributed by atoms with van der Waals surface area (Å²) < 4.78 is 10.4. The number of nitro groups is 1. The highest BCUT2D eigenvalue weighted by atomic mass is 16.6. The van der Waals surface area contributed by atoms with E-state index in [4.69, 9.17) is 9.47 Å². The van der Waals surface area contributed by atoms with Gasteiger partial charge in [0, 0.05) is 12.1 Å². The fraction of sp³-hybridized carbons (Fsp3) is 0.167. The van der Waals surface area contributed by atoms with E-state index in [2.05, 4.69) is 9.97 Å². The van der Waals surface area contributed by atoms with Crippen molar-refractivity contribution >= 4 is 22.6 Å². The zero-order chi connectivity index (χ0) is 19.6. The third-order valence-electron chi connectivity index (χ3n) is 3.91. The number of aromatic amines is 1. The minimum absolute atomic E-state index is 0.0957. The lowest BCUT2D eigenvalue weighted by Crippen LogP contribution is -2.17. The standard InChI is InChI=1S/C18H15N3O6/c1-10(16-19-14-6-4-3-5-12(14)17(22)20-16)27-18(23)13-9-11(21(24)25)7-8-15(13)26-2/h3-10H,1-2H3,(H,19,20,22)/t10-/m0/s1. The van der Waals surface area contributed by atoms with Gasteiger partial charge in [-0.3, -0.25) is 14.9 Å². The summed E-state index contributed by atoms with van der Waals surface area (Å²) in [7, 11) is 1.34. The van der Waals surface area contributed by atoms with Crippen molar-refractivity contribution in [3.63, 3.8) is 0 Å². The molecule has 9 nitrogen and oxygen atoms in total. The van der Waals surface area contributed by atoms with Crippen LogP contribution in [0.3, 0.4) is 0 Å². The van der Waals surface area contributed by atoms with Gasteiger partial charge in [0.1, 0.15) is 11.3 Å². The van der Waals surface area contributed by atoms with Crippen LogP contribution in [0, 0.1) is 10.1 Å². The molecule has 0 saturated heterocycles. The van der Waals surface area contributed by atoms with Gasteiger partial charge in [-0.05, 0) is 25.1 Å². The minimum atomic E-state index is -0.890. The van der Waals surface area contributed by atoms with Crippen LogP contribution in [0.15, 0.2) is 47.3 Å². The highest BCUT2D eigenvalue weighted by Gasteiger charge is 2.22. The summed E-state index contributed by atoms with van der Waals surface area (Å²) in [6, 6.07) is 10.4. The van der Waals surface area contributed by atoms with Gasteiger partial charge in [-0.1, -0.05) is 12.1 Å². The summed E-state index contributed by atoms with van der Waals surface area (Å²) in [4.78, 5) is 41.8. The number of nitro benzene ring substituents is 1. The first-order valence-electron chi connectivity index (χ1n) is 7.93. The second-order valence-corrected chi connectivity index (χ2v) is 5.66. The number of ether oxygens (including phenoxy) is 2. The Morgan fingerprint density at radius 3 is 2.70 bits per heavy atom. The number of esters is 1. The molecule has 138 valence electrons. The number of methoxy groups -OCH3 is 1. The van der Waals surface area contributed by atoms with E-state index in [9.17, 15) is 19.7 Å². The monoisotopic (exact) mass is 369 g/mol. The highest BCUT2D eigenvalue weighted by molar-refractivity contribution is 5.93. The Kier molecular flexibility index (Phi) is 4.84. The summed E-state index contributed by atoms with van der Waals surface area (Å²) in [6.07, 6.45) is -0.890. The highest BCUT2D eigenvalue weighted by Crippen LogP contribution is 2.26. The van der Waals surface area contributed by atoms with E-state index in [0.29, 0.717) is 10.9 Å². The minimum Gasteiger partial charge on any atom is -0.496 e.